The first-order valence-electron chi connectivity index (χ1n) is 8.50. The molecular formula is C17H20N6O2. The summed E-state index contributed by atoms with van der Waals surface area (Å²) in [5, 5.41) is 0. The Morgan fingerprint density at radius 1 is 1.08 bits per heavy atom. The lowest BCUT2D eigenvalue weighted by atomic mass is 9.93. The molecule has 2 fully saturated rings. The Kier molecular flexibility index (Phi) is 4.51. The summed E-state index contributed by atoms with van der Waals surface area (Å²) in [6.07, 6.45) is 9.05. The van der Waals surface area contributed by atoms with Gasteiger partial charge in [-0.3, -0.25) is 9.78 Å². The van der Waals surface area contributed by atoms with Crippen LogP contribution in [0.25, 0.3) is 0 Å². The van der Waals surface area contributed by atoms with Gasteiger partial charge in [0, 0.05) is 56.9 Å². The van der Waals surface area contributed by atoms with Crippen LogP contribution in [0.15, 0.2) is 37.1 Å². The van der Waals surface area contributed by atoms with Crippen LogP contribution in [-0.2, 0) is 4.74 Å². The van der Waals surface area contributed by atoms with E-state index in [1.165, 1.54) is 6.20 Å². The van der Waals surface area contributed by atoms with Crippen LogP contribution in [0.4, 0.5) is 5.95 Å². The Labute approximate surface area is 145 Å². The Balaban J connectivity index is 1.44. The minimum Gasteiger partial charge on any atom is -0.374 e. The van der Waals surface area contributed by atoms with Crippen molar-refractivity contribution in [2.24, 2.45) is 5.92 Å². The van der Waals surface area contributed by atoms with Gasteiger partial charge in [-0.15, -0.1) is 0 Å². The van der Waals surface area contributed by atoms with Gasteiger partial charge in [-0.25, -0.2) is 15.0 Å². The molecule has 2 aromatic rings. The van der Waals surface area contributed by atoms with E-state index in [2.05, 4.69) is 24.8 Å². The number of anilines is 1. The Morgan fingerprint density at radius 2 is 1.96 bits per heavy atom. The molecule has 0 aromatic carbocycles. The van der Waals surface area contributed by atoms with E-state index in [1.807, 2.05) is 11.0 Å². The molecule has 2 aromatic heterocycles. The summed E-state index contributed by atoms with van der Waals surface area (Å²) in [6, 6.07) is 1.82. The lowest BCUT2D eigenvalue weighted by Crippen LogP contribution is -2.49. The smallest absolute Gasteiger partial charge is 0.274 e. The summed E-state index contributed by atoms with van der Waals surface area (Å²) in [5.74, 6) is 1.02. The van der Waals surface area contributed by atoms with Gasteiger partial charge < -0.3 is 14.5 Å². The van der Waals surface area contributed by atoms with Gasteiger partial charge in [0.15, 0.2) is 0 Å². The second-order valence-corrected chi connectivity index (χ2v) is 6.29. The monoisotopic (exact) mass is 340 g/mol. The number of aromatic nitrogens is 4. The second-order valence-electron chi connectivity index (χ2n) is 6.29. The molecule has 8 heteroatoms. The number of likely N-dealkylation sites (tertiary alicyclic amines) is 1. The number of hydrogen-bond donors (Lipinski definition) is 0. The normalized spacial score (nSPS) is 23.7. The molecule has 0 saturated carbocycles. The number of amides is 1. The molecule has 2 saturated heterocycles. The molecule has 0 bridgehead atoms. The summed E-state index contributed by atoms with van der Waals surface area (Å²) in [6.45, 7) is 3.50. The summed E-state index contributed by atoms with van der Waals surface area (Å²) in [4.78, 5) is 33.3. The fourth-order valence-corrected chi connectivity index (χ4v) is 3.44. The molecule has 0 spiro atoms. The quantitative estimate of drug-likeness (QED) is 0.793. The molecule has 4 rings (SSSR count). The third-order valence-electron chi connectivity index (χ3n) is 4.75. The molecular weight excluding hydrogens is 320 g/mol. The van der Waals surface area contributed by atoms with Crippen molar-refractivity contribution in [1.82, 2.24) is 24.8 Å². The molecule has 1 amide bonds. The summed E-state index contributed by atoms with van der Waals surface area (Å²) in [5.41, 5.74) is 0.383. The van der Waals surface area contributed by atoms with E-state index in [1.54, 1.807) is 24.8 Å². The fraction of sp³-hybridized carbons (Fsp3) is 0.471. The second kappa shape index (κ2) is 7.10. The van der Waals surface area contributed by atoms with Crippen LogP contribution in [0.5, 0.6) is 0 Å². The topological polar surface area (TPSA) is 84.3 Å². The molecule has 0 unspecified atom stereocenters. The van der Waals surface area contributed by atoms with Gasteiger partial charge >= 0.3 is 0 Å². The van der Waals surface area contributed by atoms with Crippen molar-refractivity contribution in [2.75, 3.05) is 37.7 Å². The highest BCUT2D eigenvalue weighted by molar-refractivity contribution is 5.92. The third-order valence-corrected chi connectivity index (χ3v) is 4.75. The SMILES string of the molecule is O=C(c1cnccn1)N1CC[C@@H]2CN(c3ncccn3)CCO[C@H]2C1. The Bertz CT molecular complexity index is 714. The van der Waals surface area contributed by atoms with Gasteiger partial charge in [0.2, 0.25) is 5.95 Å². The van der Waals surface area contributed by atoms with E-state index >= 15 is 0 Å². The van der Waals surface area contributed by atoms with Gasteiger partial charge in [-0.05, 0) is 12.5 Å². The van der Waals surface area contributed by atoms with Crippen LogP contribution in [0.3, 0.4) is 0 Å². The summed E-state index contributed by atoms with van der Waals surface area (Å²) in [7, 11) is 0. The van der Waals surface area contributed by atoms with Crippen molar-refractivity contribution in [2.45, 2.75) is 12.5 Å². The first kappa shape index (κ1) is 15.9. The highest BCUT2D eigenvalue weighted by Crippen LogP contribution is 2.26. The van der Waals surface area contributed by atoms with Gasteiger partial charge in [-0.2, -0.15) is 0 Å². The Morgan fingerprint density at radius 3 is 2.76 bits per heavy atom. The number of carbonyl (C=O) groups excluding carboxylic acids is 1. The van der Waals surface area contributed by atoms with E-state index in [-0.39, 0.29) is 12.0 Å². The van der Waals surface area contributed by atoms with Crippen LogP contribution in [-0.4, -0.2) is 69.6 Å². The van der Waals surface area contributed by atoms with Crippen LogP contribution >= 0.6 is 0 Å². The molecule has 8 nitrogen and oxygen atoms in total. The highest BCUT2D eigenvalue weighted by Gasteiger charge is 2.36. The van der Waals surface area contributed by atoms with Crippen molar-refractivity contribution < 1.29 is 9.53 Å². The largest absolute Gasteiger partial charge is 0.374 e. The molecule has 2 atom stereocenters. The third kappa shape index (κ3) is 3.43. The predicted molar refractivity (Wildman–Crippen MR) is 90.0 cm³/mol. The number of fused-ring (bicyclic) bond motifs is 1. The molecule has 25 heavy (non-hydrogen) atoms. The van der Waals surface area contributed by atoms with E-state index < -0.39 is 0 Å². The van der Waals surface area contributed by atoms with Crippen molar-refractivity contribution in [3.05, 3.63) is 42.7 Å². The molecule has 130 valence electrons. The standard InChI is InChI=1S/C17H20N6O2/c24-16(14-10-18-5-6-19-14)22-7-2-13-11-23(8-9-25-15(13)12-22)17-20-3-1-4-21-17/h1,3-6,10,13,15H,2,7-9,11-12H2/t13-,15+/m1/s1. The number of hydrogen-bond acceptors (Lipinski definition) is 7. The lowest BCUT2D eigenvalue weighted by Gasteiger charge is -2.37. The van der Waals surface area contributed by atoms with Crippen LogP contribution < -0.4 is 4.90 Å². The first-order chi connectivity index (χ1) is 12.3. The van der Waals surface area contributed by atoms with Crippen molar-refractivity contribution in [1.29, 1.82) is 0 Å². The van der Waals surface area contributed by atoms with Gasteiger partial charge in [0.1, 0.15) is 5.69 Å². The van der Waals surface area contributed by atoms with Gasteiger partial charge in [0.25, 0.3) is 5.91 Å². The van der Waals surface area contributed by atoms with E-state index in [9.17, 15) is 4.79 Å². The van der Waals surface area contributed by atoms with Crippen molar-refractivity contribution in [3.8, 4) is 0 Å². The summed E-state index contributed by atoms with van der Waals surface area (Å²) >= 11 is 0. The zero-order valence-corrected chi connectivity index (χ0v) is 13.9. The average Bonchev–Trinajstić information content (AvgIpc) is 2.90. The lowest BCUT2D eigenvalue weighted by molar-refractivity contribution is -0.0170. The number of piperidine rings is 1. The van der Waals surface area contributed by atoms with E-state index in [0.29, 0.717) is 31.3 Å². The van der Waals surface area contributed by atoms with Gasteiger partial charge in [-0.1, -0.05) is 0 Å². The number of nitrogens with zero attached hydrogens (tertiary/aromatic N) is 6. The molecule has 2 aliphatic rings. The average molecular weight is 340 g/mol. The van der Waals surface area contributed by atoms with Crippen molar-refractivity contribution in [3.63, 3.8) is 0 Å². The molecule has 2 aliphatic heterocycles. The molecule has 0 N–H and O–H groups in total. The molecule has 0 radical (unpaired) electrons. The highest BCUT2D eigenvalue weighted by atomic mass is 16.5. The maximum absolute atomic E-state index is 12.6. The van der Waals surface area contributed by atoms with E-state index in [0.717, 1.165) is 25.5 Å². The fourth-order valence-electron chi connectivity index (χ4n) is 3.44. The number of carbonyl (C=O) groups is 1. The van der Waals surface area contributed by atoms with Gasteiger partial charge in [0.05, 0.1) is 18.9 Å². The molecule has 0 aliphatic carbocycles. The zero-order chi connectivity index (χ0) is 17.1. The zero-order valence-electron chi connectivity index (χ0n) is 13.9. The summed E-state index contributed by atoms with van der Waals surface area (Å²) < 4.78 is 6.05. The van der Waals surface area contributed by atoms with Crippen LogP contribution in [0.1, 0.15) is 16.9 Å². The Hall–Kier alpha value is -2.61. The minimum atomic E-state index is -0.0809. The minimum absolute atomic E-state index is 0.0306. The van der Waals surface area contributed by atoms with Crippen LogP contribution in [0.2, 0.25) is 0 Å². The van der Waals surface area contributed by atoms with Crippen molar-refractivity contribution >= 4 is 11.9 Å². The van der Waals surface area contributed by atoms with Crippen LogP contribution in [0, 0.1) is 5.92 Å². The predicted octanol–water partition coefficient (Wildman–Crippen LogP) is 0.634. The first-order valence-corrected chi connectivity index (χ1v) is 8.50. The maximum Gasteiger partial charge on any atom is 0.274 e. The number of ether oxygens (including phenoxy) is 1. The maximum atomic E-state index is 12.6. The number of rotatable bonds is 2. The van der Waals surface area contributed by atoms with E-state index in [4.69, 9.17) is 4.74 Å². The molecule has 4 heterocycles.